The quantitative estimate of drug-likeness (QED) is 0.598. The Morgan fingerprint density at radius 2 is 2.21 bits per heavy atom. The van der Waals surface area contributed by atoms with Crippen molar-refractivity contribution in [3.05, 3.63) is 34.3 Å². The second kappa shape index (κ2) is 6.98. The summed E-state index contributed by atoms with van der Waals surface area (Å²) in [5, 5.41) is 3.28. The maximum absolute atomic E-state index is 10.6. The van der Waals surface area contributed by atoms with E-state index in [1.807, 2.05) is 0 Å². The summed E-state index contributed by atoms with van der Waals surface area (Å²) < 4.78 is 0.710. The van der Waals surface area contributed by atoms with Crippen LogP contribution in [-0.4, -0.2) is 19.4 Å². The molecule has 2 nitrogen and oxygen atoms in total. The van der Waals surface area contributed by atoms with E-state index in [1.54, 1.807) is 13.1 Å². The lowest BCUT2D eigenvalue weighted by molar-refractivity contribution is -0.109. The summed E-state index contributed by atoms with van der Waals surface area (Å²) in [6, 6.07) is -0.230. The predicted octanol–water partition coefficient (Wildman–Crippen LogP) is 2.75. The number of carbonyl (C=O) groups excluding carboxylic acids is 1. The molecule has 0 unspecified atom stereocenters. The largest absolute Gasteiger partial charge is 0.311 e. The van der Waals surface area contributed by atoms with Crippen LogP contribution in [0, 0.1) is 0 Å². The first-order valence-corrected chi connectivity index (χ1v) is 5.20. The number of likely N-dealkylation sites (N-methyl/N-ethyl adjacent to an activating group) is 1. The van der Waals surface area contributed by atoms with E-state index in [9.17, 15) is 4.79 Å². The van der Waals surface area contributed by atoms with Gasteiger partial charge in [-0.15, -0.1) is 0 Å². The molecule has 1 atom stereocenters. The molecular weight excluding hydrogens is 265 g/mol. The summed E-state index contributed by atoms with van der Waals surface area (Å²) in [4.78, 5) is 10.6. The van der Waals surface area contributed by atoms with Gasteiger partial charge in [-0.1, -0.05) is 40.7 Å². The molecule has 0 radical (unpaired) electrons. The maximum atomic E-state index is 10.6. The number of hydrogen-bond donors (Lipinski definition) is 1. The molecule has 0 amide bonds. The normalized spacial score (nSPS) is 13.5. The number of hydrogen-bond acceptors (Lipinski definition) is 2. The second-order valence-corrected chi connectivity index (χ2v) is 4.20. The lowest BCUT2D eigenvalue weighted by atomic mass is 10.1. The van der Waals surface area contributed by atoms with Gasteiger partial charge in [-0.3, -0.25) is 0 Å². The Bertz CT molecular complexity index is 273. The van der Waals surface area contributed by atoms with Crippen LogP contribution < -0.4 is 5.32 Å². The molecule has 0 bridgehead atoms. The van der Waals surface area contributed by atoms with Crippen molar-refractivity contribution in [1.82, 2.24) is 5.32 Å². The molecule has 0 aromatic rings. The highest BCUT2D eigenvalue weighted by atomic mass is 79.9. The Kier molecular flexibility index (Phi) is 6.79. The maximum Gasteiger partial charge on any atom is 0.137 e. The number of carbonyl (C=O) groups is 1. The van der Waals surface area contributed by atoms with Crippen LogP contribution in [0.3, 0.4) is 0 Å². The van der Waals surface area contributed by atoms with Gasteiger partial charge in [0.1, 0.15) is 6.29 Å². The van der Waals surface area contributed by atoms with Crippen molar-refractivity contribution < 1.29 is 4.79 Å². The van der Waals surface area contributed by atoms with Crippen LogP contribution in [0.25, 0.3) is 0 Å². The van der Waals surface area contributed by atoms with E-state index in [4.69, 9.17) is 11.6 Å². The number of halogens is 2. The van der Waals surface area contributed by atoms with Gasteiger partial charge in [-0.25, -0.2) is 0 Å². The third kappa shape index (κ3) is 5.37. The van der Waals surface area contributed by atoms with Gasteiger partial charge in [0.25, 0.3) is 0 Å². The summed E-state index contributed by atoms with van der Waals surface area (Å²) in [5.74, 6) is 0. The molecule has 0 fully saturated rings. The molecule has 0 heterocycles. The molecule has 0 saturated carbocycles. The molecule has 78 valence electrons. The minimum absolute atomic E-state index is 0.230. The Morgan fingerprint density at radius 1 is 1.64 bits per heavy atom. The van der Waals surface area contributed by atoms with Crippen LogP contribution in [0.2, 0.25) is 0 Å². The molecule has 1 N–H and O–H groups in total. The van der Waals surface area contributed by atoms with Gasteiger partial charge < -0.3 is 10.1 Å². The Labute approximate surface area is 97.8 Å². The fraction of sp³-hybridized carbons (Fsp3) is 0.300. The van der Waals surface area contributed by atoms with Gasteiger partial charge in [0.2, 0.25) is 0 Å². The number of allylic oxidation sites excluding steroid dienone is 3. The van der Waals surface area contributed by atoms with E-state index < -0.39 is 0 Å². The molecule has 4 heteroatoms. The molecule has 0 aromatic heterocycles. The van der Waals surface area contributed by atoms with Crippen molar-refractivity contribution in [1.29, 1.82) is 0 Å². The zero-order valence-corrected chi connectivity index (χ0v) is 10.4. The fourth-order valence-corrected chi connectivity index (χ4v) is 1.30. The first-order chi connectivity index (χ1) is 6.51. The highest BCUT2D eigenvalue weighted by Gasteiger charge is 2.09. The van der Waals surface area contributed by atoms with Crippen molar-refractivity contribution >= 4 is 33.8 Å². The van der Waals surface area contributed by atoms with Gasteiger partial charge in [-0.05, 0) is 25.1 Å². The minimum atomic E-state index is -0.230. The zero-order chi connectivity index (χ0) is 11.1. The molecule has 14 heavy (non-hydrogen) atoms. The van der Waals surface area contributed by atoms with Crippen LogP contribution in [0.15, 0.2) is 34.3 Å². The van der Waals surface area contributed by atoms with Gasteiger partial charge in [0.05, 0.1) is 6.04 Å². The van der Waals surface area contributed by atoms with Gasteiger partial charge in [0, 0.05) is 9.51 Å². The first-order valence-electron chi connectivity index (χ1n) is 4.03. The smallest absolute Gasteiger partial charge is 0.137 e. The Hall–Kier alpha value is -0.380. The van der Waals surface area contributed by atoms with Gasteiger partial charge in [-0.2, -0.15) is 0 Å². The van der Waals surface area contributed by atoms with E-state index in [0.717, 1.165) is 11.9 Å². The average molecular weight is 279 g/mol. The van der Waals surface area contributed by atoms with E-state index in [-0.39, 0.29) is 6.04 Å². The molecule has 0 saturated heterocycles. The van der Waals surface area contributed by atoms with E-state index >= 15 is 0 Å². The lowest BCUT2D eigenvalue weighted by Crippen LogP contribution is -2.27. The number of aldehydes is 1. The van der Waals surface area contributed by atoms with Crippen LogP contribution in [0.4, 0.5) is 0 Å². The second-order valence-electron chi connectivity index (χ2n) is 2.76. The highest BCUT2D eigenvalue weighted by molar-refractivity contribution is 9.11. The summed E-state index contributed by atoms with van der Waals surface area (Å²) in [6.07, 6.45) is 3.07. The summed E-state index contributed by atoms with van der Waals surface area (Å²) in [5.41, 5.74) is 0.858. The molecule has 0 rings (SSSR count). The van der Waals surface area contributed by atoms with E-state index in [2.05, 4.69) is 34.4 Å². The van der Waals surface area contributed by atoms with E-state index in [1.165, 1.54) is 0 Å². The lowest BCUT2D eigenvalue weighted by Gasteiger charge is -2.11. The van der Waals surface area contributed by atoms with Crippen LogP contribution in [0.1, 0.15) is 6.42 Å². The molecule has 0 aliphatic heterocycles. The average Bonchev–Trinajstić information content (AvgIpc) is 2.11. The van der Waals surface area contributed by atoms with Crippen molar-refractivity contribution in [3.8, 4) is 0 Å². The zero-order valence-electron chi connectivity index (χ0n) is 8.02. The highest BCUT2D eigenvalue weighted by Crippen LogP contribution is 2.21. The van der Waals surface area contributed by atoms with Crippen LogP contribution >= 0.6 is 27.5 Å². The minimum Gasteiger partial charge on any atom is -0.311 e. The van der Waals surface area contributed by atoms with Crippen LogP contribution in [0.5, 0.6) is 0 Å². The molecular formula is C10H13BrClNO. The third-order valence-electron chi connectivity index (χ3n) is 1.65. The Balaban J connectivity index is 4.60. The molecule has 0 aromatic carbocycles. The monoisotopic (exact) mass is 277 g/mol. The number of rotatable bonds is 6. The van der Waals surface area contributed by atoms with Crippen molar-refractivity contribution in [3.63, 3.8) is 0 Å². The SMILES string of the molecule is C=C(Cl)/C=C(/C[C@@H](C=O)NC)C(=C)Br. The van der Waals surface area contributed by atoms with E-state index in [0.29, 0.717) is 15.9 Å². The molecule has 0 aliphatic carbocycles. The summed E-state index contributed by atoms with van der Waals surface area (Å²) in [7, 11) is 1.73. The topological polar surface area (TPSA) is 29.1 Å². The summed E-state index contributed by atoms with van der Waals surface area (Å²) >= 11 is 8.89. The first kappa shape index (κ1) is 13.6. The third-order valence-corrected chi connectivity index (χ3v) is 2.27. The van der Waals surface area contributed by atoms with Crippen molar-refractivity contribution in [2.75, 3.05) is 7.05 Å². The predicted molar refractivity (Wildman–Crippen MR) is 64.7 cm³/mol. The number of nitrogens with one attached hydrogen (secondary N) is 1. The van der Waals surface area contributed by atoms with Crippen LogP contribution in [-0.2, 0) is 4.79 Å². The molecule has 0 aliphatic rings. The molecule has 0 spiro atoms. The van der Waals surface area contributed by atoms with Gasteiger partial charge >= 0.3 is 0 Å². The summed E-state index contributed by atoms with van der Waals surface area (Å²) in [6.45, 7) is 7.29. The fourth-order valence-electron chi connectivity index (χ4n) is 0.892. The Morgan fingerprint density at radius 3 is 2.50 bits per heavy atom. The van der Waals surface area contributed by atoms with Crippen molar-refractivity contribution in [2.45, 2.75) is 12.5 Å². The van der Waals surface area contributed by atoms with Gasteiger partial charge in [0.15, 0.2) is 0 Å². The van der Waals surface area contributed by atoms with Crippen molar-refractivity contribution in [2.24, 2.45) is 0 Å². The standard InChI is InChI=1S/C10H13BrClNO/c1-7(12)4-9(8(2)11)5-10(6-14)13-3/h4,6,10,13H,1-2,5H2,3H3/b9-4-/t10-/m0/s1.